The zero-order chi connectivity index (χ0) is 13.1. The first-order valence-corrected chi connectivity index (χ1v) is 6.25. The maximum absolute atomic E-state index is 13.2. The van der Waals surface area contributed by atoms with Gasteiger partial charge >= 0.3 is 0 Å². The summed E-state index contributed by atoms with van der Waals surface area (Å²) < 4.78 is 14.1. The highest BCUT2D eigenvalue weighted by Gasteiger charge is 2.09. The van der Waals surface area contributed by atoms with Gasteiger partial charge in [-0.05, 0) is 36.4 Å². The standard InChI is InChI=1S/C13H8BrClFNO/c14-9-2-1-3-10(7-9)17-13(18)8-4-5-11(15)12(16)6-8/h1-7H,(H,17,18). The molecule has 0 bridgehead atoms. The zero-order valence-electron chi connectivity index (χ0n) is 9.08. The molecule has 0 unspecified atom stereocenters. The van der Waals surface area contributed by atoms with Crippen molar-refractivity contribution in [2.45, 2.75) is 0 Å². The van der Waals surface area contributed by atoms with Gasteiger partial charge in [-0.2, -0.15) is 0 Å². The minimum atomic E-state index is -0.612. The smallest absolute Gasteiger partial charge is 0.255 e. The lowest BCUT2D eigenvalue weighted by Gasteiger charge is -2.06. The van der Waals surface area contributed by atoms with Gasteiger partial charge in [0.2, 0.25) is 0 Å². The summed E-state index contributed by atoms with van der Waals surface area (Å²) in [6.45, 7) is 0. The van der Waals surface area contributed by atoms with Crippen LogP contribution in [0.25, 0.3) is 0 Å². The van der Waals surface area contributed by atoms with Crippen LogP contribution in [0.5, 0.6) is 0 Å². The predicted octanol–water partition coefficient (Wildman–Crippen LogP) is 4.49. The molecule has 0 spiro atoms. The van der Waals surface area contributed by atoms with Crippen LogP contribution in [0.15, 0.2) is 46.9 Å². The summed E-state index contributed by atoms with van der Waals surface area (Å²) in [5.74, 6) is -0.998. The predicted molar refractivity (Wildman–Crippen MR) is 73.5 cm³/mol. The van der Waals surface area contributed by atoms with Gasteiger partial charge < -0.3 is 5.32 Å². The maximum atomic E-state index is 13.2. The lowest BCUT2D eigenvalue weighted by molar-refractivity contribution is 0.102. The largest absolute Gasteiger partial charge is 0.322 e. The second-order valence-electron chi connectivity index (χ2n) is 3.59. The Morgan fingerprint density at radius 3 is 2.67 bits per heavy atom. The summed E-state index contributed by atoms with van der Waals surface area (Å²) in [6, 6.07) is 11.1. The Morgan fingerprint density at radius 1 is 1.22 bits per heavy atom. The summed E-state index contributed by atoms with van der Waals surface area (Å²) in [6.07, 6.45) is 0. The van der Waals surface area contributed by atoms with Crippen molar-refractivity contribution < 1.29 is 9.18 Å². The van der Waals surface area contributed by atoms with Crippen molar-refractivity contribution in [3.8, 4) is 0 Å². The number of hydrogen-bond donors (Lipinski definition) is 1. The van der Waals surface area contributed by atoms with E-state index >= 15 is 0 Å². The first-order valence-electron chi connectivity index (χ1n) is 5.08. The van der Waals surface area contributed by atoms with E-state index in [1.165, 1.54) is 12.1 Å². The minimum Gasteiger partial charge on any atom is -0.322 e. The van der Waals surface area contributed by atoms with Crippen molar-refractivity contribution in [1.29, 1.82) is 0 Å². The van der Waals surface area contributed by atoms with E-state index in [0.717, 1.165) is 10.5 Å². The van der Waals surface area contributed by atoms with Gasteiger partial charge in [-0.15, -0.1) is 0 Å². The second kappa shape index (κ2) is 5.50. The van der Waals surface area contributed by atoms with E-state index in [1.54, 1.807) is 18.2 Å². The first-order chi connectivity index (χ1) is 8.56. The molecule has 0 aromatic heterocycles. The van der Waals surface area contributed by atoms with Crippen LogP contribution in [0, 0.1) is 5.82 Å². The topological polar surface area (TPSA) is 29.1 Å². The van der Waals surface area contributed by atoms with Gasteiger partial charge in [-0.3, -0.25) is 4.79 Å². The van der Waals surface area contributed by atoms with E-state index < -0.39 is 5.82 Å². The van der Waals surface area contributed by atoms with Gasteiger partial charge in [-0.1, -0.05) is 33.6 Å². The van der Waals surface area contributed by atoms with Gasteiger partial charge in [-0.25, -0.2) is 4.39 Å². The average molecular weight is 329 g/mol. The summed E-state index contributed by atoms with van der Waals surface area (Å²) in [5, 5.41) is 2.66. The molecule has 0 saturated carbocycles. The van der Waals surface area contributed by atoms with Crippen molar-refractivity contribution in [2.24, 2.45) is 0 Å². The van der Waals surface area contributed by atoms with E-state index in [0.29, 0.717) is 5.69 Å². The van der Waals surface area contributed by atoms with Crippen molar-refractivity contribution in [3.63, 3.8) is 0 Å². The Hall–Kier alpha value is -1.39. The highest BCUT2D eigenvalue weighted by atomic mass is 79.9. The maximum Gasteiger partial charge on any atom is 0.255 e. The molecule has 1 N–H and O–H groups in total. The summed E-state index contributed by atoms with van der Waals surface area (Å²) in [4.78, 5) is 11.9. The van der Waals surface area contributed by atoms with Gasteiger partial charge in [0.25, 0.3) is 5.91 Å². The Morgan fingerprint density at radius 2 is 2.00 bits per heavy atom. The fraction of sp³-hybridized carbons (Fsp3) is 0. The molecule has 0 radical (unpaired) electrons. The van der Waals surface area contributed by atoms with Crippen LogP contribution in [0.4, 0.5) is 10.1 Å². The van der Waals surface area contributed by atoms with Crippen LogP contribution in [-0.4, -0.2) is 5.91 Å². The summed E-state index contributed by atoms with van der Waals surface area (Å²) >= 11 is 8.85. The third-order valence-corrected chi connectivity index (χ3v) is 3.06. The number of hydrogen-bond acceptors (Lipinski definition) is 1. The highest BCUT2D eigenvalue weighted by molar-refractivity contribution is 9.10. The quantitative estimate of drug-likeness (QED) is 0.864. The molecule has 2 aromatic rings. The number of benzene rings is 2. The van der Waals surface area contributed by atoms with Gasteiger partial charge in [0.1, 0.15) is 5.82 Å². The van der Waals surface area contributed by atoms with E-state index in [4.69, 9.17) is 11.6 Å². The molecule has 2 rings (SSSR count). The lowest BCUT2D eigenvalue weighted by Crippen LogP contribution is -2.12. The molecule has 2 aromatic carbocycles. The Labute approximate surface area is 117 Å². The summed E-state index contributed by atoms with van der Waals surface area (Å²) in [5.41, 5.74) is 0.849. The van der Waals surface area contributed by atoms with Crippen molar-refractivity contribution >= 4 is 39.1 Å². The molecule has 18 heavy (non-hydrogen) atoms. The first kappa shape index (κ1) is 13.1. The molecule has 0 fully saturated rings. The van der Waals surface area contributed by atoms with E-state index in [9.17, 15) is 9.18 Å². The molecule has 0 saturated heterocycles. The van der Waals surface area contributed by atoms with Gasteiger partial charge in [0.15, 0.2) is 0 Å². The number of carbonyl (C=O) groups is 1. The van der Waals surface area contributed by atoms with Crippen LogP contribution < -0.4 is 5.32 Å². The molecule has 92 valence electrons. The van der Waals surface area contributed by atoms with E-state index in [2.05, 4.69) is 21.2 Å². The molecule has 0 heterocycles. The molecule has 0 aliphatic rings. The molecule has 2 nitrogen and oxygen atoms in total. The number of rotatable bonds is 2. The van der Waals surface area contributed by atoms with Gasteiger partial charge in [0.05, 0.1) is 5.02 Å². The van der Waals surface area contributed by atoms with E-state index in [1.807, 2.05) is 6.07 Å². The molecule has 0 aliphatic heterocycles. The number of nitrogens with one attached hydrogen (secondary N) is 1. The van der Waals surface area contributed by atoms with Crippen molar-refractivity contribution in [3.05, 3.63) is 63.3 Å². The van der Waals surface area contributed by atoms with Gasteiger partial charge in [0, 0.05) is 15.7 Å². The molecule has 1 amide bonds. The second-order valence-corrected chi connectivity index (χ2v) is 4.92. The van der Waals surface area contributed by atoms with Crippen LogP contribution in [-0.2, 0) is 0 Å². The monoisotopic (exact) mass is 327 g/mol. The number of amides is 1. The zero-order valence-corrected chi connectivity index (χ0v) is 11.4. The molecule has 0 atom stereocenters. The van der Waals surface area contributed by atoms with Crippen molar-refractivity contribution in [2.75, 3.05) is 5.32 Å². The molecule has 5 heteroatoms. The van der Waals surface area contributed by atoms with Crippen LogP contribution in [0.2, 0.25) is 5.02 Å². The SMILES string of the molecule is O=C(Nc1cccc(Br)c1)c1ccc(Cl)c(F)c1. The Balaban J connectivity index is 2.19. The molecular formula is C13H8BrClFNO. The van der Waals surface area contributed by atoms with Crippen LogP contribution in [0.1, 0.15) is 10.4 Å². The highest BCUT2D eigenvalue weighted by Crippen LogP contribution is 2.18. The lowest BCUT2D eigenvalue weighted by atomic mass is 10.2. The number of anilines is 1. The third-order valence-electron chi connectivity index (χ3n) is 2.26. The third kappa shape index (κ3) is 3.09. The molecule has 0 aliphatic carbocycles. The fourth-order valence-electron chi connectivity index (χ4n) is 1.41. The molecular weight excluding hydrogens is 321 g/mol. The number of carbonyl (C=O) groups excluding carboxylic acids is 1. The fourth-order valence-corrected chi connectivity index (χ4v) is 1.92. The van der Waals surface area contributed by atoms with Crippen LogP contribution >= 0.6 is 27.5 Å². The minimum absolute atomic E-state index is 0.00555. The van der Waals surface area contributed by atoms with Crippen LogP contribution in [0.3, 0.4) is 0 Å². The number of halogens is 3. The van der Waals surface area contributed by atoms with Crippen molar-refractivity contribution in [1.82, 2.24) is 0 Å². The Kier molecular flexibility index (Phi) is 3.99. The normalized spacial score (nSPS) is 10.2. The Bertz CT molecular complexity index is 603. The summed E-state index contributed by atoms with van der Waals surface area (Å²) in [7, 11) is 0. The average Bonchev–Trinajstić information content (AvgIpc) is 2.32. The van der Waals surface area contributed by atoms with E-state index in [-0.39, 0.29) is 16.5 Å².